The first-order chi connectivity index (χ1) is 17.8. The van der Waals surface area contributed by atoms with Gasteiger partial charge in [-0.2, -0.15) is 0 Å². The summed E-state index contributed by atoms with van der Waals surface area (Å²) in [5.41, 5.74) is 2.69. The molecule has 200 valence electrons. The Morgan fingerprint density at radius 3 is 2.57 bits per heavy atom. The molecule has 2 aromatic carbocycles. The van der Waals surface area contributed by atoms with E-state index >= 15 is 0 Å². The molecule has 0 saturated carbocycles. The van der Waals surface area contributed by atoms with Crippen LogP contribution in [-0.2, 0) is 13.1 Å². The first kappa shape index (κ1) is 27.0. The fourth-order valence-electron chi connectivity index (χ4n) is 4.96. The Balaban J connectivity index is 1.27. The fraction of sp³-hybridized carbons (Fsp3) is 0.500. The Morgan fingerprint density at radius 1 is 0.973 bits per heavy atom. The summed E-state index contributed by atoms with van der Waals surface area (Å²) in [5, 5.41) is 11.2. The second kappa shape index (κ2) is 12.5. The molecule has 2 heterocycles. The van der Waals surface area contributed by atoms with Crippen molar-refractivity contribution < 1.29 is 19.3 Å². The lowest BCUT2D eigenvalue weighted by Crippen LogP contribution is -2.37. The first-order valence-corrected chi connectivity index (χ1v) is 13.3. The zero-order chi connectivity index (χ0) is 26.3. The highest BCUT2D eigenvalue weighted by atomic mass is 16.5. The van der Waals surface area contributed by atoms with Crippen molar-refractivity contribution in [2.45, 2.75) is 65.1 Å². The van der Waals surface area contributed by atoms with Crippen molar-refractivity contribution in [2.24, 2.45) is 0 Å². The molecule has 1 saturated heterocycles. The van der Waals surface area contributed by atoms with Crippen LogP contribution in [0.3, 0.4) is 0 Å². The molecular weight excluding hydrogens is 466 g/mol. The summed E-state index contributed by atoms with van der Waals surface area (Å²) in [7, 11) is 1.68. The van der Waals surface area contributed by atoms with Gasteiger partial charge in [-0.05, 0) is 82.3 Å². The van der Waals surface area contributed by atoms with Gasteiger partial charge in [0.1, 0.15) is 18.2 Å². The molecule has 0 amide bonds. The van der Waals surface area contributed by atoms with E-state index < -0.39 is 5.60 Å². The average molecular weight is 508 g/mol. The standard InChI is InChI=1S/C30H41N3O4/c1-23-7-9-27(24(2)19-23)37-22-30(34)11-5-14-32(16-12-30)21-26-8-10-28(29(20-26)35-4)36-18-6-15-33-17-13-31-25(33)3/h7-10,13,17,19-20,34H,5-6,11-12,14-16,18,21-22H2,1-4H3/t30-/m0/s1. The molecule has 1 aliphatic heterocycles. The Labute approximate surface area is 221 Å². The maximum Gasteiger partial charge on any atom is 0.161 e. The molecule has 7 nitrogen and oxygen atoms in total. The molecule has 3 aromatic rings. The van der Waals surface area contributed by atoms with Gasteiger partial charge >= 0.3 is 0 Å². The molecule has 0 unspecified atom stereocenters. The van der Waals surface area contributed by atoms with E-state index in [0.29, 0.717) is 19.6 Å². The van der Waals surface area contributed by atoms with E-state index in [0.717, 1.165) is 74.1 Å². The van der Waals surface area contributed by atoms with Crippen LogP contribution in [0.4, 0.5) is 0 Å². The molecule has 7 heteroatoms. The van der Waals surface area contributed by atoms with Gasteiger partial charge in [0.05, 0.1) is 19.3 Å². The minimum absolute atomic E-state index is 0.324. The van der Waals surface area contributed by atoms with Crippen LogP contribution < -0.4 is 14.2 Å². The van der Waals surface area contributed by atoms with E-state index in [1.807, 2.05) is 44.4 Å². The largest absolute Gasteiger partial charge is 0.493 e. The van der Waals surface area contributed by atoms with E-state index in [4.69, 9.17) is 14.2 Å². The van der Waals surface area contributed by atoms with Crippen molar-refractivity contribution in [3.8, 4) is 17.2 Å². The normalized spacial score (nSPS) is 18.4. The summed E-state index contributed by atoms with van der Waals surface area (Å²) in [6.07, 6.45) is 7.07. The third-order valence-electron chi connectivity index (χ3n) is 7.20. The third kappa shape index (κ3) is 7.49. The number of hydrogen-bond donors (Lipinski definition) is 1. The van der Waals surface area contributed by atoms with Crippen molar-refractivity contribution >= 4 is 0 Å². The smallest absolute Gasteiger partial charge is 0.161 e. The maximum atomic E-state index is 11.2. The summed E-state index contributed by atoms with van der Waals surface area (Å²) in [5.74, 6) is 3.39. The van der Waals surface area contributed by atoms with Crippen molar-refractivity contribution in [3.05, 3.63) is 71.3 Å². The second-order valence-corrected chi connectivity index (χ2v) is 10.3. The molecule has 4 rings (SSSR count). The number of aryl methyl sites for hydroxylation is 4. The van der Waals surface area contributed by atoms with E-state index in [2.05, 4.69) is 39.6 Å². The molecule has 0 aliphatic carbocycles. The van der Waals surface area contributed by atoms with E-state index in [-0.39, 0.29) is 0 Å². The summed E-state index contributed by atoms with van der Waals surface area (Å²) < 4.78 is 19.8. The summed E-state index contributed by atoms with van der Waals surface area (Å²) in [6.45, 7) is 10.5. The van der Waals surface area contributed by atoms with Crippen LogP contribution in [0.15, 0.2) is 48.8 Å². The van der Waals surface area contributed by atoms with E-state index in [1.165, 1.54) is 11.1 Å². The summed E-state index contributed by atoms with van der Waals surface area (Å²) in [6, 6.07) is 12.3. The topological polar surface area (TPSA) is 69.0 Å². The van der Waals surface area contributed by atoms with Gasteiger partial charge in [0.25, 0.3) is 0 Å². The number of ether oxygens (including phenoxy) is 3. The van der Waals surface area contributed by atoms with Crippen LogP contribution in [0.25, 0.3) is 0 Å². The van der Waals surface area contributed by atoms with Gasteiger partial charge in [-0.1, -0.05) is 23.8 Å². The molecular formula is C30H41N3O4. The molecule has 0 radical (unpaired) electrons. The lowest BCUT2D eigenvalue weighted by molar-refractivity contribution is -0.0170. The minimum atomic E-state index is -0.809. The monoisotopic (exact) mass is 507 g/mol. The van der Waals surface area contributed by atoms with Crippen LogP contribution in [0, 0.1) is 20.8 Å². The van der Waals surface area contributed by atoms with Gasteiger partial charge in [0, 0.05) is 32.0 Å². The third-order valence-corrected chi connectivity index (χ3v) is 7.20. The van der Waals surface area contributed by atoms with Gasteiger partial charge in [0.15, 0.2) is 11.5 Å². The molecule has 1 aromatic heterocycles. The number of nitrogens with zero attached hydrogens (tertiary/aromatic N) is 3. The van der Waals surface area contributed by atoms with Crippen molar-refractivity contribution in [3.63, 3.8) is 0 Å². The minimum Gasteiger partial charge on any atom is -0.493 e. The SMILES string of the molecule is COc1cc(CN2CCC[C@@](O)(COc3ccc(C)cc3C)CC2)ccc1OCCCn1ccnc1C. The molecule has 1 aliphatic rings. The van der Waals surface area contributed by atoms with Crippen LogP contribution in [0.1, 0.15) is 48.2 Å². The summed E-state index contributed by atoms with van der Waals surface area (Å²) in [4.78, 5) is 6.66. The lowest BCUT2D eigenvalue weighted by Gasteiger charge is -2.27. The lowest BCUT2D eigenvalue weighted by atomic mass is 9.96. The predicted molar refractivity (Wildman–Crippen MR) is 146 cm³/mol. The van der Waals surface area contributed by atoms with Gasteiger partial charge in [-0.3, -0.25) is 4.90 Å². The fourth-order valence-corrected chi connectivity index (χ4v) is 4.96. The second-order valence-electron chi connectivity index (χ2n) is 10.3. The van der Waals surface area contributed by atoms with Gasteiger partial charge in [0.2, 0.25) is 0 Å². The maximum absolute atomic E-state index is 11.2. The highest BCUT2D eigenvalue weighted by molar-refractivity contribution is 5.43. The zero-order valence-corrected chi connectivity index (χ0v) is 22.7. The van der Waals surface area contributed by atoms with Crippen LogP contribution in [-0.4, -0.2) is 58.6 Å². The zero-order valence-electron chi connectivity index (χ0n) is 22.7. The number of aromatic nitrogens is 2. The molecule has 37 heavy (non-hydrogen) atoms. The highest BCUT2D eigenvalue weighted by Gasteiger charge is 2.31. The van der Waals surface area contributed by atoms with Crippen molar-refractivity contribution in [2.75, 3.05) is 33.4 Å². The number of imidazole rings is 1. The Morgan fingerprint density at radius 2 is 1.81 bits per heavy atom. The van der Waals surface area contributed by atoms with Gasteiger partial charge in [-0.15, -0.1) is 0 Å². The molecule has 1 fully saturated rings. The van der Waals surface area contributed by atoms with Gasteiger partial charge in [-0.25, -0.2) is 4.98 Å². The average Bonchev–Trinajstić information content (AvgIpc) is 3.20. The Hall–Kier alpha value is -3.03. The quantitative estimate of drug-likeness (QED) is 0.365. The van der Waals surface area contributed by atoms with E-state index in [9.17, 15) is 5.11 Å². The molecule has 1 atom stereocenters. The molecule has 0 bridgehead atoms. The Kier molecular flexibility index (Phi) is 9.11. The number of benzene rings is 2. The van der Waals surface area contributed by atoms with Gasteiger partial charge < -0.3 is 23.9 Å². The highest BCUT2D eigenvalue weighted by Crippen LogP contribution is 2.30. The van der Waals surface area contributed by atoms with E-state index in [1.54, 1.807) is 7.11 Å². The number of hydrogen-bond acceptors (Lipinski definition) is 6. The predicted octanol–water partition coefficient (Wildman–Crippen LogP) is 5.08. The molecule has 0 spiro atoms. The van der Waals surface area contributed by atoms with Crippen LogP contribution >= 0.6 is 0 Å². The number of rotatable bonds is 11. The van der Waals surface area contributed by atoms with Crippen molar-refractivity contribution in [1.82, 2.24) is 14.5 Å². The van der Waals surface area contributed by atoms with Crippen molar-refractivity contribution in [1.29, 1.82) is 0 Å². The number of aliphatic hydroxyl groups is 1. The number of methoxy groups -OCH3 is 1. The first-order valence-electron chi connectivity index (χ1n) is 13.3. The van der Waals surface area contributed by atoms with Crippen LogP contribution in [0.5, 0.6) is 17.2 Å². The number of likely N-dealkylation sites (tertiary alicyclic amines) is 1. The van der Waals surface area contributed by atoms with Crippen LogP contribution in [0.2, 0.25) is 0 Å². The molecule has 1 N–H and O–H groups in total. The Bertz CT molecular complexity index is 1160. The summed E-state index contributed by atoms with van der Waals surface area (Å²) >= 11 is 0.